The molecule has 1 saturated carbocycles. The van der Waals surface area contributed by atoms with Crippen molar-refractivity contribution in [3.05, 3.63) is 35.4 Å². The first-order valence-electron chi connectivity index (χ1n) is 6.75. The summed E-state index contributed by atoms with van der Waals surface area (Å²) in [5.41, 5.74) is 1.46. The van der Waals surface area contributed by atoms with Crippen LogP contribution in [0.2, 0.25) is 0 Å². The number of cyclic esters (lactones) is 1. The SMILES string of the molecule is O=C1O[C@@H]([C@H](O)C2CCCCC2)c2ccccc21. The molecule has 3 rings (SSSR count). The minimum Gasteiger partial charge on any atom is -0.451 e. The average molecular weight is 246 g/mol. The van der Waals surface area contributed by atoms with Gasteiger partial charge in [0.1, 0.15) is 0 Å². The minimum atomic E-state index is -0.558. The first kappa shape index (κ1) is 11.7. The van der Waals surface area contributed by atoms with Gasteiger partial charge in [0.2, 0.25) is 0 Å². The second-order valence-electron chi connectivity index (χ2n) is 5.30. The van der Waals surface area contributed by atoms with E-state index in [9.17, 15) is 9.90 Å². The number of esters is 1. The van der Waals surface area contributed by atoms with Crippen LogP contribution in [0.5, 0.6) is 0 Å². The Morgan fingerprint density at radius 1 is 1.17 bits per heavy atom. The molecule has 3 nitrogen and oxygen atoms in total. The third-order valence-corrected chi connectivity index (χ3v) is 4.16. The van der Waals surface area contributed by atoms with Gasteiger partial charge in [0.25, 0.3) is 0 Å². The van der Waals surface area contributed by atoms with Gasteiger partial charge in [0, 0.05) is 5.56 Å². The summed E-state index contributed by atoms with van der Waals surface area (Å²) < 4.78 is 5.36. The van der Waals surface area contributed by atoms with Crippen LogP contribution in [0.4, 0.5) is 0 Å². The Balaban J connectivity index is 1.83. The van der Waals surface area contributed by atoms with Gasteiger partial charge in [0.15, 0.2) is 6.10 Å². The molecular formula is C15H18O3. The number of carbonyl (C=O) groups excluding carboxylic acids is 1. The molecule has 1 heterocycles. The number of fused-ring (bicyclic) bond motifs is 1. The molecule has 2 aliphatic rings. The van der Waals surface area contributed by atoms with Crippen molar-refractivity contribution in [2.75, 3.05) is 0 Å². The number of aliphatic hydroxyl groups is 1. The molecule has 1 aliphatic carbocycles. The zero-order valence-corrected chi connectivity index (χ0v) is 10.3. The average Bonchev–Trinajstić information content (AvgIpc) is 2.77. The van der Waals surface area contributed by atoms with E-state index in [-0.39, 0.29) is 11.9 Å². The third kappa shape index (κ3) is 1.93. The van der Waals surface area contributed by atoms with E-state index < -0.39 is 12.2 Å². The molecular weight excluding hydrogens is 228 g/mol. The quantitative estimate of drug-likeness (QED) is 0.816. The number of benzene rings is 1. The third-order valence-electron chi connectivity index (χ3n) is 4.16. The van der Waals surface area contributed by atoms with Crippen molar-refractivity contribution in [2.45, 2.75) is 44.3 Å². The van der Waals surface area contributed by atoms with Gasteiger partial charge in [0.05, 0.1) is 11.7 Å². The second-order valence-corrected chi connectivity index (χ2v) is 5.30. The molecule has 0 saturated heterocycles. The van der Waals surface area contributed by atoms with Crippen LogP contribution >= 0.6 is 0 Å². The number of hydrogen-bond donors (Lipinski definition) is 1. The summed E-state index contributed by atoms with van der Waals surface area (Å²) in [5, 5.41) is 10.5. The summed E-state index contributed by atoms with van der Waals surface area (Å²) in [6.07, 6.45) is 4.65. The highest BCUT2D eigenvalue weighted by molar-refractivity contribution is 5.94. The van der Waals surface area contributed by atoms with Gasteiger partial charge < -0.3 is 9.84 Å². The van der Waals surface area contributed by atoms with Gasteiger partial charge in [-0.05, 0) is 24.8 Å². The van der Waals surface area contributed by atoms with Crippen LogP contribution < -0.4 is 0 Å². The highest BCUT2D eigenvalue weighted by Gasteiger charge is 2.39. The standard InChI is InChI=1S/C15H18O3/c16-13(10-6-2-1-3-7-10)14-11-8-4-5-9-12(11)15(17)18-14/h4-5,8-10,13-14,16H,1-3,6-7H2/t13-,14-/m1/s1. The smallest absolute Gasteiger partial charge is 0.339 e. The fourth-order valence-electron chi connectivity index (χ4n) is 3.15. The van der Waals surface area contributed by atoms with Crippen LogP contribution in [-0.4, -0.2) is 17.2 Å². The molecule has 96 valence electrons. The summed E-state index contributed by atoms with van der Waals surface area (Å²) >= 11 is 0. The molecule has 0 unspecified atom stereocenters. The normalized spacial score (nSPS) is 25.6. The summed E-state index contributed by atoms with van der Waals surface area (Å²) in [6.45, 7) is 0. The van der Waals surface area contributed by atoms with Gasteiger partial charge in [-0.1, -0.05) is 37.5 Å². The Morgan fingerprint density at radius 2 is 1.89 bits per heavy atom. The lowest BCUT2D eigenvalue weighted by molar-refractivity contribution is -0.0397. The van der Waals surface area contributed by atoms with E-state index in [1.54, 1.807) is 6.07 Å². The maximum absolute atomic E-state index is 11.7. The lowest BCUT2D eigenvalue weighted by Crippen LogP contribution is -2.29. The lowest BCUT2D eigenvalue weighted by atomic mass is 9.82. The zero-order valence-electron chi connectivity index (χ0n) is 10.3. The summed E-state index contributed by atoms with van der Waals surface area (Å²) in [5.74, 6) is -0.0341. The maximum atomic E-state index is 11.7. The highest BCUT2D eigenvalue weighted by atomic mass is 16.6. The van der Waals surface area contributed by atoms with Crippen LogP contribution in [0.3, 0.4) is 0 Å². The Morgan fingerprint density at radius 3 is 2.67 bits per heavy atom. The van der Waals surface area contributed by atoms with Crippen LogP contribution in [0.1, 0.15) is 54.1 Å². The summed E-state index contributed by atoms with van der Waals surface area (Å²) in [4.78, 5) is 11.7. The molecule has 0 spiro atoms. The number of hydrogen-bond acceptors (Lipinski definition) is 3. The molecule has 3 heteroatoms. The van der Waals surface area contributed by atoms with Gasteiger partial charge in [-0.15, -0.1) is 0 Å². The van der Waals surface area contributed by atoms with E-state index in [0.29, 0.717) is 5.56 Å². The van der Waals surface area contributed by atoms with Crippen LogP contribution in [0.15, 0.2) is 24.3 Å². The monoisotopic (exact) mass is 246 g/mol. The number of carbonyl (C=O) groups is 1. The first-order chi connectivity index (χ1) is 8.77. The molecule has 1 fully saturated rings. The molecule has 0 bridgehead atoms. The van der Waals surface area contributed by atoms with Crippen molar-refractivity contribution < 1.29 is 14.6 Å². The number of rotatable bonds is 2. The number of ether oxygens (including phenoxy) is 1. The lowest BCUT2D eigenvalue weighted by Gasteiger charge is -2.29. The minimum absolute atomic E-state index is 0.266. The Hall–Kier alpha value is -1.35. The van der Waals surface area contributed by atoms with Crippen LogP contribution in [-0.2, 0) is 4.74 Å². The van der Waals surface area contributed by atoms with E-state index in [1.165, 1.54) is 19.3 Å². The van der Waals surface area contributed by atoms with E-state index >= 15 is 0 Å². The van der Waals surface area contributed by atoms with E-state index in [4.69, 9.17) is 4.74 Å². The number of aliphatic hydroxyl groups excluding tert-OH is 1. The topological polar surface area (TPSA) is 46.5 Å². The second kappa shape index (κ2) is 4.73. The molecule has 18 heavy (non-hydrogen) atoms. The van der Waals surface area contributed by atoms with Gasteiger partial charge in [-0.2, -0.15) is 0 Å². The van der Waals surface area contributed by atoms with E-state index in [2.05, 4.69) is 0 Å². The Bertz CT molecular complexity index is 449. The highest BCUT2D eigenvalue weighted by Crippen LogP contribution is 2.39. The largest absolute Gasteiger partial charge is 0.451 e. The van der Waals surface area contributed by atoms with Gasteiger partial charge >= 0.3 is 5.97 Å². The summed E-state index contributed by atoms with van der Waals surface area (Å²) in [6, 6.07) is 7.37. The van der Waals surface area contributed by atoms with E-state index in [0.717, 1.165) is 18.4 Å². The zero-order chi connectivity index (χ0) is 12.5. The predicted octanol–water partition coefficient (Wildman–Crippen LogP) is 2.84. The Labute approximate surface area is 107 Å². The van der Waals surface area contributed by atoms with Crippen molar-refractivity contribution in [1.29, 1.82) is 0 Å². The molecule has 1 aromatic rings. The molecule has 1 aromatic carbocycles. The van der Waals surface area contributed by atoms with Gasteiger partial charge in [-0.3, -0.25) is 0 Å². The van der Waals surface area contributed by atoms with Crippen LogP contribution in [0, 0.1) is 5.92 Å². The van der Waals surface area contributed by atoms with Crippen molar-refractivity contribution in [3.63, 3.8) is 0 Å². The van der Waals surface area contributed by atoms with Crippen LogP contribution in [0.25, 0.3) is 0 Å². The molecule has 0 amide bonds. The molecule has 0 aromatic heterocycles. The van der Waals surface area contributed by atoms with E-state index in [1.807, 2.05) is 18.2 Å². The fraction of sp³-hybridized carbons (Fsp3) is 0.533. The molecule has 1 N–H and O–H groups in total. The predicted molar refractivity (Wildman–Crippen MR) is 67.2 cm³/mol. The van der Waals surface area contributed by atoms with Crippen molar-refractivity contribution in [3.8, 4) is 0 Å². The summed E-state index contributed by atoms with van der Waals surface area (Å²) in [7, 11) is 0. The first-order valence-corrected chi connectivity index (χ1v) is 6.75. The molecule has 0 radical (unpaired) electrons. The van der Waals surface area contributed by atoms with Crippen molar-refractivity contribution >= 4 is 5.97 Å². The molecule has 1 aliphatic heterocycles. The van der Waals surface area contributed by atoms with Crippen molar-refractivity contribution in [1.82, 2.24) is 0 Å². The fourth-order valence-corrected chi connectivity index (χ4v) is 3.15. The Kier molecular flexibility index (Phi) is 3.08. The van der Waals surface area contributed by atoms with Crippen molar-refractivity contribution in [2.24, 2.45) is 5.92 Å². The van der Waals surface area contributed by atoms with Gasteiger partial charge in [-0.25, -0.2) is 4.79 Å². The molecule has 2 atom stereocenters. The maximum Gasteiger partial charge on any atom is 0.339 e.